The zero-order chi connectivity index (χ0) is 13.3. The first-order valence-electron chi connectivity index (χ1n) is 5.37. The van der Waals surface area contributed by atoms with Gasteiger partial charge in [-0.15, -0.1) is 0 Å². The SMILES string of the molecule is CO[C@@H]1[C@H](O)[C@@H](CO)[Se][C@H]1n1ccc(=O)[nH]c1=O. The fourth-order valence-corrected chi connectivity index (χ4v) is 5.09. The topological polar surface area (TPSA) is 105 Å². The summed E-state index contributed by atoms with van der Waals surface area (Å²) in [7, 11) is 1.45. The van der Waals surface area contributed by atoms with E-state index in [1.807, 2.05) is 0 Å². The summed E-state index contributed by atoms with van der Waals surface area (Å²) in [5, 5.41) is 19.2. The first-order valence-corrected chi connectivity index (χ1v) is 7.35. The summed E-state index contributed by atoms with van der Waals surface area (Å²) in [4.78, 5) is 24.3. The average molecular weight is 321 g/mol. The van der Waals surface area contributed by atoms with Crippen LogP contribution in [-0.4, -0.2) is 60.6 Å². The number of aromatic nitrogens is 2. The molecule has 0 aliphatic carbocycles. The molecule has 1 aliphatic heterocycles. The van der Waals surface area contributed by atoms with E-state index in [9.17, 15) is 19.8 Å². The third-order valence-electron chi connectivity index (χ3n) is 2.89. The van der Waals surface area contributed by atoms with E-state index in [0.29, 0.717) is 0 Å². The van der Waals surface area contributed by atoms with Gasteiger partial charge >= 0.3 is 108 Å². The number of hydrogen-bond acceptors (Lipinski definition) is 5. The predicted octanol–water partition coefficient (Wildman–Crippen LogP) is -2.09. The molecule has 2 heterocycles. The van der Waals surface area contributed by atoms with Crippen LogP contribution in [0.25, 0.3) is 0 Å². The summed E-state index contributed by atoms with van der Waals surface area (Å²) in [6, 6.07) is 1.25. The van der Waals surface area contributed by atoms with Crippen molar-refractivity contribution in [1.29, 1.82) is 0 Å². The Morgan fingerprint density at radius 3 is 2.83 bits per heavy atom. The van der Waals surface area contributed by atoms with Crippen molar-refractivity contribution in [3.8, 4) is 0 Å². The number of methoxy groups -OCH3 is 1. The normalized spacial score (nSPS) is 31.7. The third kappa shape index (κ3) is 2.30. The van der Waals surface area contributed by atoms with E-state index >= 15 is 0 Å². The molecule has 0 saturated carbocycles. The van der Waals surface area contributed by atoms with Crippen molar-refractivity contribution in [2.45, 2.75) is 22.0 Å². The first kappa shape index (κ1) is 13.5. The summed E-state index contributed by atoms with van der Waals surface area (Å²) in [5.41, 5.74) is -0.989. The molecule has 3 N–H and O–H groups in total. The molecule has 2 rings (SSSR count). The van der Waals surface area contributed by atoms with Crippen LogP contribution in [0.2, 0.25) is 4.82 Å². The van der Waals surface area contributed by atoms with E-state index in [0.717, 1.165) is 0 Å². The van der Waals surface area contributed by atoms with Crippen LogP contribution in [0.1, 0.15) is 4.94 Å². The van der Waals surface area contributed by atoms with Gasteiger partial charge in [-0.1, -0.05) is 0 Å². The van der Waals surface area contributed by atoms with Crippen molar-refractivity contribution in [3.05, 3.63) is 33.1 Å². The van der Waals surface area contributed by atoms with Gasteiger partial charge in [-0.3, -0.25) is 0 Å². The second kappa shape index (κ2) is 5.38. The van der Waals surface area contributed by atoms with Crippen LogP contribution in [0, 0.1) is 0 Å². The number of nitrogens with one attached hydrogen (secondary N) is 1. The second-order valence-corrected chi connectivity index (χ2v) is 6.81. The molecule has 7 nitrogen and oxygen atoms in total. The quantitative estimate of drug-likeness (QED) is 0.554. The molecule has 0 unspecified atom stereocenters. The van der Waals surface area contributed by atoms with Crippen LogP contribution in [0.15, 0.2) is 21.9 Å². The van der Waals surface area contributed by atoms with Crippen LogP contribution in [0.5, 0.6) is 0 Å². The fraction of sp³-hybridized carbons (Fsp3) is 0.600. The van der Waals surface area contributed by atoms with Gasteiger partial charge in [-0.05, 0) is 0 Å². The Kier molecular flexibility index (Phi) is 4.03. The molecule has 1 aromatic heterocycles. The zero-order valence-corrected chi connectivity index (χ0v) is 11.4. The summed E-state index contributed by atoms with van der Waals surface area (Å²) in [6.07, 6.45) is 0.0427. The minimum atomic E-state index is -0.802. The van der Waals surface area contributed by atoms with Gasteiger partial charge in [0.2, 0.25) is 0 Å². The molecule has 4 atom stereocenters. The Labute approximate surface area is 109 Å². The number of ether oxygens (including phenoxy) is 1. The van der Waals surface area contributed by atoms with E-state index < -0.39 is 23.5 Å². The summed E-state index contributed by atoms with van der Waals surface area (Å²) < 4.78 is 6.57. The number of rotatable bonds is 3. The third-order valence-corrected chi connectivity index (χ3v) is 6.15. The van der Waals surface area contributed by atoms with Crippen LogP contribution >= 0.6 is 0 Å². The molecule has 0 spiro atoms. The minimum absolute atomic E-state index is 0.143. The van der Waals surface area contributed by atoms with Gasteiger partial charge in [-0.2, -0.15) is 0 Å². The maximum atomic E-state index is 11.7. The van der Waals surface area contributed by atoms with Crippen LogP contribution in [0.3, 0.4) is 0 Å². The Morgan fingerprint density at radius 2 is 2.28 bits per heavy atom. The maximum absolute atomic E-state index is 11.7. The molecule has 0 amide bonds. The van der Waals surface area contributed by atoms with Crippen molar-refractivity contribution >= 4 is 15.0 Å². The predicted molar refractivity (Wildman–Crippen MR) is 63.8 cm³/mol. The molecule has 1 fully saturated rings. The molecule has 0 aromatic carbocycles. The average Bonchev–Trinajstić information content (AvgIpc) is 2.65. The van der Waals surface area contributed by atoms with E-state index in [1.54, 1.807) is 0 Å². The summed E-state index contributed by atoms with van der Waals surface area (Å²) >= 11 is -0.198. The number of aliphatic hydroxyl groups excluding tert-OH is 2. The van der Waals surface area contributed by atoms with Crippen molar-refractivity contribution in [2.75, 3.05) is 13.7 Å². The molecule has 18 heavy (non-hydrogen) atoms. The van der Waals surface area contributed by atoms with E-state index in [4.69, 9.17) is 4.74 Å². The van der Waals surface area contributed by atoms with Crippen LogP contribution in [0.4, 0.5) is 0 Å². The fourth-order valence-electron chi connectivity index (χ4n) is 1.98. The van der Waals surface area contributed by atoms with Gasteiger partial charge in [-0.25, -0.2) is 0 Å². The molecule has 1 aliphatic rings. The van der Waals surface area contributed by atoms with Crippen LogP contribution < -0.4 is 11.2 Å². The molecule has 0 radical (unpaired) electrons. The van der Waals surface area contributed by atoms with Crippen LogP contribution in [-0.2, 0) is 4.74 Å². The van der Waals surface area contributed by atoms with Gasteiger partial charge in [0.25, 0.3) is 0 Å². The van der Waals surface area contributed by atoms with E-state index in [2.05, 4.69) is 4.98 Å². The van der Waals surface area contributed by atoms with Crippen molar-refractivity contribution < 1.29 is 14.9 Å². The standard InChI is InChI=1S/C10H14N2O5Se/c1-17-8-7(15)5(4-13)18-9(8)12-3-2-6(14)11-10(12)16/h2-3,5,7-9,13,15H,4H2,1H3,(H,11,14,16)/t5-,7-,8-,9-/m1/s1. The van der Waals surface area contributed by atoms with Gasteiger partial charge < -0.3 is 0 Å². The summed E-state index contributed by atoms with van der Waals surface area (Å²) in [5.74, 6) is 0. The Balaban J connectivity index is 2.38. The van der Waals surface area contributed by atoms with Gasteiger partial charge in [0.15, 0.2) is 0 Å². The Hall–Kier alpha value is -0.921. The number of hydrogen-bond donors (Lipinski definition) is 3. The van der Waals surface area contributed by atoms with Gasteiger partial charge in [0.1, 0.15) is 0 Å². The van der Waals surface area contributed by atoms with E-state index in [1.165, 1.54) is 23.9 Å². The van der Waals surface area contributed by atoms with Crippen molar-refractivity contribution in [3.63, 3.8) is 0 Å². The first-order chi connectivity index (χ1) is 8.58. The van der Waals surface area contributed by atoms with Gasteiger partial charge in [0, 0.05) is 0 Å². The van der Waals surface area contributed by atoms with E-state index in [-0.39, 0.29) is 31.3 Å². The Bertz CT molecular complexity index is 527. The van der Waals surface area contributed by atoms with Crippen molar-refractivity contribution in [2.24, 2.45) is 0 Å². The second-order valence-electron chi connectivity index (χ2n) is 3.96. The molecule has 0 bridgehead atoms. The molecule has 1 saturated heterocycles. The van der Waals surface area contributed by atoms with Gasteiger partial charge in [0.05, 0.1) is 0 Å². The molecule has 8 heteroatoms. The molecule has 1 aromatic rings. The monoisotopic (exact) mass is 322 g/mol. The zero-order valence-electron chi connectivity index (χ0n) is 9.65. The number of aromatic amines is 1. The molecule has 100 valence electrons. The number of aliphatic hydroxyl groups is 2. The molecular weight excluding hydrogens is 307 g/mol. The number of H-pyrrole nitrogens is 1. The van der Waals surface area contributed by atoms with Crippen molar-refractivity contribution in [1.82, 2.24) is 9.55 Å². The summed E-state index contributed by atoms with van der Waals surface area (Å²) in [6.45, 7) is -0.143. The molecular formula is C10H14N2O5Se. The Morgan fingerprint density at radius 1 is 1.56 bits per heavy atom. The number of nitrogens with zero attached hydrogens (tertiary/aromatic N) is 1.